The van der Waals surface area contributed by atoms with Gasteiger partial charge < -0.3 is 14.2 Å². The fraction of sp³-hybridized carbons (Fsp3) is 0.458. The van der Waals surface area contributed by atoms with Crippen LogP contribution < -0.4 is 19.8 Å². The highest BCUT2D eigenvalue weighted by molar-refractivity contribution is 7.20. The monoisotopic (exact) mass is 524 g/mol. The summed E-state index contributed by atoms with van der Waals surface area (Å²) in [5.41, 5.74) is 1.04. The fourth-order valence-electron chi connectivity index (χ4n) is 4.22. The molecule has 2 aromatic heterocycles. The van der Waals surface area contributed by atoms with Crippen molar-refractivity contribution in [3.63, 3.8) is 0 Å². The second-order valence-electron chi connectivity index (χ2n) is 8.33. The number of halogens is 2. The number of carbonyl (C=O) groups excluding carboxylic acids is 1. The molecular formula is C24H26Cl2N2O5S. The van der Waals surface area contributed by atoms with E-state index in [2.05, 4.69) is 13.8 Å². The molecule has 0 radical (unpaired) electrons. The Kier molecular flexibility index (Phi) is 7.12. The molecule has 2 heterocycles. The number of aromatic nitrogens is 2. The van der Waals surface area contributed by atoms with Crippen LogP contribution in [-0.4, -0.2) is 42.0 Å². The number of hydrogen-bond donors (Lipinski definition) is 0. The zero-order chi connectivity index (χ0) is 24.7. The Morgan fingerprint density at radius 2 is 1.91 bits per heavy atom. The number of thiophene rings is 1. The van der Waals surface area contributed by atoms with Gasteiger partial charge in [-0.15, -0.1) is 22.9 Å². The summed E-state index contributed by atoms with van der Waals surface area (Å²) in [4.78, 5) is 32.5. The lowest BCUT2D eigenvalue weighted by molar-refractivity contribution is 0.0981. The van der Waals surface area contributed by atoms with Crippen LogP contribution in [0.4, 0.5) is 0 Å². The van der Waals surface area contributed by atoms with E-state index in [9.17, 15) is 9.59 Å². The number of hydrogen-bond acceptors (Lipinski definition) is 7. The van der Waals surface area contributed by atoms with E-state index in [4.69, 9.17) is 42.4 Å². The van der Waals surface area contributed by atoms with E-state index in [1.807, 2.05) is 0 Å². The Bertz CT molecular complexity index is 1330. The minimum atomic E-state index is -0.577. The van der Waals surface area contributed by atoms with Crippen molar-refractivity contribution in [2.24, 2.45) is 5.92 Å². The van der Waals surface area contributed by atoms with Crippen LogP contribution in [0.2, 0.25) is 5.02 Å². The van der Waals surface area contributed by atoms with Crippen molar-refractivity contribution in [2.75, 3.05) is 21.3 Å². The first kappa shape index (κ1) is 24.8. The van der Waals surface area contributed by atoms with Gasteiger partial charge in [0.15, 0.2) is 17.3 Å². The van der Waals surface area contributed by atoms with Gasteiger partial charge in [-0.1, -0.05) is 31.9 Å². The van der Waals surface area contributed by atoms with Gasteiger partial charge in [0, 0.05) is 12.1 Å². The molecule has 2 unspecified atom stereocenters. The van der Waals surface area contributed by atoms with Gasteiger partial charge in [-0.25, -0.2) is 4.98 Å². The number of nitrogens with zero attached hydrogens (tertiary/aromatic N) is 2. The number of methoxy groups -OCH3 is 3. The molecule has 4 rings (SSSR count). The Labute approximate surface area is 211 Å². The largest absolute Gasteiger partial charge is 0.493 e. The van der Waals surface area contributed by atoms with Gasteiger partial charge >= 0.3 is 0 Å². The van der Waals surface area contributed by atoms with E-state index in [0.29, 0.717) is 57.4 Å². The van der Waals surface area contributed by atoms with Crippen LogP contribution in [-0.2, 0) is 13.0 Å². The summed E-state index contributed by atoms with van der Waals surface area (Å²) in [6.07, 6.45) is 1.95. The van der Waals surface area contributed by atoms with Crippen LogP contribution in [0.1, 0.15) is 41.9 Å². The van der Waals surface area contributed by atoms with E-state index >= 15 is 0 Å². The number of fused-ring (bicyclic) bond motifs is 3. The van der Waals surface area contributed by atoms with E-state index in [1.54, 1.807) is 10.6 Å². The Balaban J connectivity index is 2.08. The molecular weight excluding hydrogens is 499 g/mol. The average molecular weight is 525 g/mol. The van der Waals surface area contributed by atoms with Crippen molar-refractivity contribution >= 4 is 50.5 Å². The molecule has 3 aromatic rings. The van der Waals surface area contributed by atoms with Crippen molar-refractivity contribution in [3.05, 3.63) is 31.9 Å². The molecule has 2 atom stereocenters. The maximum atomic E-state index is 13.9. The highest BCUT2D eigenvalue weighted by Crippen LogP contribution is 2.48. The van der Waals surface area contributed by atoms with Gasteiger partial charge in [0.05, 0.1) is 42.0 Å². The van der Waals surface area contributed by atoms with Gasteiger partial charge in [0.25, 0.3) is 5.56 Å². The number of ketones is 1. The lowest BCUT2D eigenvalue weighted by Gasteiger charge is -2.20. The van der Waals surface area contributed by atoms with Gasteiger partial charge in [-0.3, -0.25) is 14.2 Å². The normalized spacial score (nSPS) is 16.4. The van der Waals surface area contributed by atoms with Crippen molar-refractivity contribution in [3.8, 4) is 28.6 Å². The molecule has 7 nitrogen and oxygen atoms in total. The standard InChI is InChI=1S/C24H26Cl2N2O5S/c1-6-11(2)10-28-22(13-9-15(31-3)19(32-4)20(33-5)17(13)26)27-23-16(24(28)30)12-7-8-14(25)18(29)21(12)34-23/h9,11,14H,6-8,10H2,1-5H3. The van der Waals surface area contributed by atoms with Crippen LogP contribution in [0.5, 0.6) is 17.2 Å². The summed E-state index contributed by atoms with van der Waals surface area (Å²) in [5.74, 6) is 1.48. The number of Topliss-reactive ketones (excluding diaryl/α,β-unsaturated/α-hetero) is 1. The summed E-state index contributed by atoms with van der Waals surface area (Å²) >= 11 is 14.2. The first-order valence-corrected chi connectivity index (χ1v) is 12.6. The van der Waals surface area contributed by atoms with Crippen LogP contribution in [0.25, 0.3) is 21.6 Å². The quantitative estimate of drug-likeness (QED) is 0.375. The molecule has 0 bridgehead atoms. The minimum absolute atomic E-state index is 0.147. The Morgan fingerprint density at radius 3 is 2.53 bits per heavy atom. The van der Waals surface area contributed by atoms with Gasteiger partial charge in [0.1, 0.15) is 10.7 Å². The Hall–Kier alpha value is -2.29. The van der Waals surface area contributed by atoms with Crippen LogP contribution in [0.3, 0.4) is 0 Å². The predicted molar refractivity (Wildman–Crippen MR) is 136 cm³/mol. The minimum Gasteiger partial charge on any atom is -0.493 e. The van der Waals surface area contributed by atoms with E-state index in [0.717, 1.165) is 12.0 Å². The molecule has 0 spiro atoms. The molecule has 34 heavy (non-hydrogen) atoms. The topological polar surface area (TPSA) is 79.7 Å². The van der Waals surface area contributed by atoms with Crippen LogP contribution in [0.15, 0.2) is 10.9 Å². The Morgan fingerprint density at radius 1 is 1.21 bits per heavy atom. The summed E-state index contributed by atoms with van der Waals surface area (Å²) in [5, 5.41) is 0.169. The zero-order valence-electron chi connectivity index (χ0n) is 19.7. The second-order valence-corrected chi connectivity index (χ2v) is 10.2. The number of benzene rings is 1. The SMILES string of the molecule is CCC(C)Cn1c(-c2cc(OC)c(OC)c(OC)c2Cl)nc2sc3c(c2c1=O)CCC(Cl)C3=O. The van der Waals surface area contributed by atoms with Gasteiger partial charge in [-0.2, -0.15) is 0 Å². The molecule has 0 amide bonds. The third kappa shape index (κ3) is 3.95. The third-order valence-corrected chi connectivity index (χ3v) is 8.20. The third-order valence-electron chi connectivity index (χ3n) is 6.27. The van der Waals surface area contributed by atoms with Crippen LogP contribution >= 0.6 is 34.5 Å². The summed E-state index contributed by atoms with van der Waals surface area (Å²) in [7, 11) is 4.49. The molecule has 1 aliphatic rings. The van der Waals surface area contributed by atoms with E-state index in [1.165, 1.54) is 32.7 Å². The summed E-state index contributed by atoms with van der Waals surface area (Å²) in [6.45, 7) is 4.58. The smallest absolute Gasteiger partial charge is 0.262 e. The van der Waals surface area contributed by atoms with E-state index < -0.39 is 5.38 Å². The first-order chi connectivity index (χ1) is 16.3. The van der Waals surface area contributed by atoms with Crippen molar-refractivity contribution in [2.45, 2.75) is 45.0 Å². The highest BCUT2D eigenvalue weighted by Gasteiger charge is 2.32. The highest BCUT2D eigenvalue weighted by atomic mass is 35.5. The number of rotatable bonds is 7. The molecule has 182 valence electrons. The molecule has 0 aliphatic heterocycles. The van der Waals surface area contributed by atoms with Gasteiger partial charge in [-0.05, 0) is 30.4 Å². The van der Waals surface area contributed by atoms with E-state index in [-0.39, 0.29) is 28.0 Å². The fourth-order valence-corrected chi connectivity index (χ4v) is 6.01. The molecule has 0 fully saturated rings. The molecule has 0 N–H and O–H groups in total. The molecule has 0 saturated heterocycles. The average Bonchev–Trinajstić information content (AvgIpc) is 3.22. The van der Waals surface area contributed by atoms with Crippen molar-refractivity contribution in [1.29, 1.82) is 0 Å². The molecule has 1 aromatic carbocycles. The van der Waals surface area contributed by atoms with Crippen molar-refractivity contribution in [1.82, 2.24) is 9.55 Å². The number of aryl methyl sites for hydroxylation is 1. The number of carbonyl (C=O) groups is 1. The number of alkyl halides is 1. The summed E-state index contributed by atoms with van der Waals surface area (Å²) in [6, 6.07) is 1.69. The molecule has 10 heteroatoms. The summed E-state index contributed by atoms with van der Waals surface area (Å²) < 4.78 is 18.1. The molecule has 1 aliphatic carbocycles. The molecule has 0 saturated carbocycles. The lowest BCUT2D eigenvalue weighted by Crippen LogP contribution is -2.27. The van der Waals surface area contributed by atoms with Gasteiger partial charge in [0.2, 0.25) is 5.75 Å². The maximum Gasteiger partial charge on any atom is 0.262 e. The van der Waals surface area contributed by atoms with Crippen LogP contribution in [0, 0.1) is 5.92 Å². The lowest BCUT2D eigenvalue weighted by atomic mass is 9.95. The predicted octanol–water partition coefficient (Wildman–Crippen LogP) is 5.59. The van der Waals surface area contributed by atoms with Crippen molar-refractivity contribution < 1.29 is 19.0 Å². The first-order valence-electron chi connectivity index (χ1n) is 11.0. The second kappa shape index (κ2) is 9.76. The zero-order valence-corrected chi connectivity index (χ0v) is 22.0. The maximum absolute atomic E-state index is 13.9. The number of ether oxygens (including phenoxy) is 3.